The van der Waals surface area contributed by atoms with Crippen LogP contribution >= 0.6 is 0 Å². The van der Waals surface area contributed by atoms with Gasteiger partial charge in [0.2, 0.25) is 0 Å². The number of hydrogen-bond acceptors (Lipinski definition) is 5. The first-order valence-electron chi connectivity index (χ1n) is 3.66. The predicted molar refractivity (Wildman–Crippen MR) is 49.7 cm³/mol. The van der Waals surface area contributed by atoms with Crippen molar-refractivity contribution < 1.29 is 21.0 Å². The summed E-state index contributed by atoms with van der Waals surface area (Å²) in [5.41, 5.74) is 0. The van der Waals surface area contributed by atoms with E-state index >= 15 is 0 Å². The molecule has 80 valence electrons. The van der Waals surface area contributed by atoms with Gasteiger partial charge in [-0.05, 0) is 13.3 Å². The summed E-state index contributed by atoms with van der Waals surface area (Å²) in [5.74, 6) is 0. The van der Waals surface area contributed by atoms with Crippen LogP contribution in [0.3, 0.4) is 0 Å². The smallest absolute Gasteiger partial charge is 0.264 e. The molecule has 0 aromatic heterocycles. The van der Waals surface area contributed by atoms with E-state index in [9.17, 15) is 16.8 Å². The Morgan fingerprint density at radius 2 is 1.62 bits per heavy atom. The zero-order valence-corrected chi connectivity index (χ0v) is 9.48. The molecular formula is C6H14O5S2. The van der Waals surface area contributed by atoms with Gasteiger partial charge in [-0.25, -0.2) is 8.42 Å². The minimum absolute atomic E-state index is 0.0902. The van der Waals surface area contributed by atoms with E-state index in [4.69, 9.17) is 0 Å². The molecule has 0 saturated heterocycles. The van der Waals surface area contributed by atoms with Crippen LogP contribution in [0.25, 0.3) is 0 Å². The lowest BCUT2D eigenvalue weighted by Gasteiger charge is -2.07. The van der Waals surface area contributed by atoms with E-state index in [1.165, 1.54) is 6.92 Å². The monoisotopic (exact) mass is 230 g/mol. The number of sulfone groups is 1. The highest BCUT2D eigenvalue weighted by molar-refractivity contribution is 7.91. The van der Waals surface area contributed by atoms with E-state index in [2.05, 4.69) is 4.18 Å². The highest BCUT2D eigenvalue weighted by Gasteiger charge is 2.15. The molecule has 13 heavy (non-hydrogen) atoms. The van der Waals surface area contributed by atoms with Crippen LogP contribution in [0.4, 0.5) is 0 Å². The van der Waals surface area contributed by atoms with Crippen LogP contribution in [0.2, 0.25) is 0 Å². The van der Waals surface area contributed by atoms with Crippen molar-refractivity contribution in [2.75, 3.05) is 19.1 Å². The standard InChI is InChI=1S/C6H14O5S2/c1-6(12(2,7)8)4-5-11-13(3,9)10/h6H,4-5H2,1-3H3. The topological polar surface area (TPSA) is 77.5 Å². The summed E-state index contributed by atoms with van der Waals surface area (Å²) in [7, 11) is -6.56. The van der Waals surface area contributed by atoms with Gasteiger partial charge in [-0.2, -0.15) is 8.42 Å². The Morgan fingerprint density at radius 3 is 1.92 bits per heavy atom. The highest BCUT2D eigenvalue weighted by Crippen LogP contribution is 2.04. The van der Waals surface area contributed by atoms with Crippen LogP contribution in [0.15, 0.2) is 0 Å². The van der Waals surface area contributed by atoms with E-state index in [0.29, 0.717) is 0 Å². The summed E-state index contributed by atoms with van der Waals surface area (Å²) >= 11 is 0. The minimum Gasteiger partial charge on any atom is -0.270 e. The fourth-order valence-electron chi connectivity index (χ4n) is 0.580. The molecule has 0 aromatic rings. The Hall–Kier alpha value is -0.140. The maximum Gasteiger partial charge on any atom is 0.264 e. The van der Waals surface area contributed by atoms with E-state index in [1.807, 2.05) is 0 Å². The molecule has 0 radical (unpaired) electrons. The molecule has 0 amide bonds. The van der Waals surface area contributed by atoms with Gasteiger partial charge in [-0.3, -0.25) is 4.18 Å². The van der Waals surface area contributed by atoms with Crippen molar-refractivity contribution in [3.63, 3.8) is 0 Å². The van der Waals surface area contributed by atoms with Crippen LogP contribution in [0, 0.1) is 0 Å². The van der Waals surface area contributed by atoms with Crippen molar-refractivity contribution in [3.05, 3.63) is 0 Å². The van der Waals surface area contributed by atoms with Gasteiger partial charge in [-0.1, -0.05) is 0 Å². The van der Waals surface area contributed by atoms with Crippen LogP contribution in [-0.2, 0) is 24.1 Å². The fourth-order valence-corrected chi connectivity index (χ4v) is 1.50. The van der Waals surface area contributed by atoms with Crippen LogP contribution in [0.1, 0.15) is 13.3 Å². The lowest BCUT2D eigenvalue weighted by atomic mass is 10.3. The first-order chi connectivity index (χ1) is 5.63. The lowest BCUT2D eigenvalue weighted by molar-refractivity contribution is 0.314. The third-order valence-corrected chi connectivity index (χ3v) is 3.85. The highest BCUT2D eigenvalue weighted by atomic mass is 32.2. The van der Waals surface area contributed by atoms with E-state index < -0.39 is 25.2 Å². The molecule has 1 atom stereocenters. The molecule has 0 N–H and O–H groups in total. The SMILES string of the molecule is CC(CCOS(C)(=O)=O)S(C)(=O)=O. The zero-order valence-electron chi connectivity index (χ0n) is 7.85. The van der Waals surface area contributed by atoms with Gasteiger partial charge < -0.3 is 0 Å². The van der Waals surface area contributed by atoms with Crippen LogP contribution in [0.5, 0.6) is 0 Å². The average molecular weight is 230 g/mol. The molecule has 0 aliphatic heterocycles. The van der Waals surface area contributed by atoms with Crippen molar-refractivity contribution in [1.29, 1.82) is 0 Å². The summed E-state index contributed by atoms with van der Waals surface area (Å²) in [4.78, 5) is 0. The summed E-state index contributed by atoms with van der Waals surface area (Å²) in [6.45, 7) is 1.42. The Kier molecular flexibility index (Phi) is 4.34. The van der Waals surface area contributed by atoms with Crippen LogP contribution in [-0.4, -0.2) is 41.2 Å². The first kappa shape index (κ1) is 12.9. The number of rotatable bonds is 5. The third kappa shape index (κ3) is 6.97. The van der Waals surface area contributed by atoms with Crippen molar-refractivity contribution in [2.45, 2.75) is 18.6 Å². The van der Waals surface area contributed by atoms with E-state index in [1.54, 1.807) is 0 Å². The molecule has 0 fully saturated rings. The predicted octanol–water partition coefficient (Wildman–Crippen LogP) is -0.214. The van der Waals surface area contributed by atoms with Gasteiger partial charge in [0.05, 0.1) is 18.1 Å². The van der Waals surface area contributed by atoms with E-state index in [-0.39, 0.29) is 13.0 Å². The minimum atomic E-state index is -3.46. The second-order valence-corrected chi connectivity index (χ2v) is 7.06. The summed E-state index contributed by atoms with van der Waals surface area (Å²) in [6, 6.07) is 0. The van der Waals surface area contributed by atoms with Crippen molar-refractivity contribution in [3.8, 4) is 0 Å². The Balaban J connectivity index is 3.94. The second-order valence-electron chi connectivity index (χ2n) is 2.95. The summed E-state index contributed by atoms with van der Waals surface area (Å²) in [5, 5.41) is -0.575. The zero-order chi connectivity index (χ0) is 10.7. The molecule has 0 spiro atoms. The van der Waals surface area contributed by atoms with Crippen LogP contribution < -0.4 is 0 Å². The van der Waals surface area contributed by atoms with Crippen molar-refractivity contribution >= 4 is 20.0 Å². The Morgan fingerprint density at radius 1 is 1.15 bits per heavy atom. The van der Waals surface area contributed by atoms with Gasteiger partial charge in [0.1, 0.15) is 9.84 Å². The molecule has 0 aromatic carbocycles. The molecule has 5 nitrogen and oxygen atoms in total. The fraction of sp³-hybridized carbons (Fsp3) is 1.00. The average Bonchev–Trinajstić information content (AvgIpc) is 1.82. The molecule has 7 heteroatoms. The largest absolute Gasteiger partial charge is 0.270 e. The van der Waals surface area contributed by atoms with Gasteiger partial charge in [-0.15, -0.1) is 0 Å². The quantitative estimate of drug-likeness (QED) is 0.610. The van der Waals surface area contributed by atoms with E-state index in [0.717, 1.165) is 12.5 Å². The summed E-state index contributed by atoms with van der Waals surface area (Å²) in [6.07, 6.45) is 2.22. The second kappa shape index (κ2) is 4.39. The van der Waals surface area contributed by atoms with Gasteiger partial charge >= 0.3 is 0 Å². The van der Waals surface area contributed by atoms with Crippen molar-refractivity contribution in [2.24, 2.45) is 0 Å². The molecule has 0 aliphatic carbocycles. The third-order valence-electron chi connectivity index (χ3n) is 1.55. The lowest BCUT2D eigenvalue weighted by Crippen LogP contribution is -2.19. The molecule has 1 unspecified atom stereocenters. The van der Waals surface area contributed by atoms with Gasteiger partial charge in [0.25, 0.3) is 10.1 Å². The Labute approximate surface area is 79.1 Å². The molecule has 0 saturated carbocycles. The molecule has 0 heterocycles. The number of hydrogen-bond donors (Lipinski definition) is 0. The molecule has 0 rings (SSSR count). The molecule has 0 aliphatic rings. The van der Waals surface area contributed by atoms with Gasteiger partial charge in [0.15, 0.2) is 0 Å². The summed E-state index contributed by atoms with van der Waals surface area (Å²) < 4.78 is 47.1. The van der Waals surface area contributed by atoms with Crippen molar-refractivity contribution in [1.82, 2.24) is 0 Å². The van der Waals surface area contributed by atoms with Gasteiger partial charge in [0, 0.05) is 6.26 Å². The first-order valence-corrected chi connectivity index (χ1v) is 7.43. The maximum absolute atomic E-state index is 10.9. The maximum atomic E-state index is 10.9. The normalized spacial score (nSPS) is 15.6. The molecule has 0 bridgehead atoms. The molecular weight excluding hydrogens is 216 g/mol. The Bertz CT molecular complexity index is 339.